The lowest BCUT2D eigenvalue weighted by Crippen LogP contribution is -2.53. The Hall–Kier alpha value is -4.47. The molecule has 0 aromatic heterocycles. The third-order valence-electron chi connectivity index (χ3n) is 7.14. The summed E-state index contributed by atoms with van der Waals surface area (Å²) in [5.74, 6) is -0.427. The van der Waals surface area contributed by atoms with E-state index in [0.717, 1.165) is 16.7 Å². The number of para-hydroxylation sites is 2. The summed E-state index contributed by atoms with van der Waals surface area (Å²) in [4.78, 5) is 28.6. The van der Waals surface area contributed by atoms with Gasteiger partial charge in [0.25, 0.3) is 5.91 Å². The summed E-state index contributed by atoms with van der Waals surface area (Å²) >= 11 is 0. The fraction of sp³-hybridized carbons (Fsp3) is 0.212. The van der Waals surface area contributed by atoms with Gasteiger partial charge in [0.15, 0.2) is 6.10 Å². The van der Waals surface area contributed by atoms with Crippen molar-refractivity contribution in [1.82, 2.24) is 9.62 Å². The lowest BCUT2D eigenvalue weighted by atomic mass is 10.1. The van der Waals surface area contributed by atoms with Crippen LogP contribution in [0.3, 0.4) is 0 Å². The molecule has 1 aliphatic heterocycles. The van der Waals surface area contributed by atoms with E-state index >= 15 is 0 Å². The zero-order valence-electron chi connectivity index (χ0n) is 23.3. The first-order valence-corrected chi connectivity index (χ1v) is 15.2. The van der Waals surface area contributed by atoms with Crippen molar-refractivity contribution in [1.29, 1.82) is 0 Å². The molecule has 9 heteroatoms. The van der Waals surface area contributed by atoms with Crippen molar-refractivity contribution in [3.8, 4) is 5.75 Å². The van der Waals surface area contributed by atoms with Gasteiger partial charge in [-0.25, -0.2) is 8.42 Å². The van der Waals surface area contributed by atoms with E-state index < -0.39 is 28.6 Å². The minimum atomic E-state index is -3.99. The van der Waals surface area contributed by atoms with Gasteiger partial charge >= 0.3 is 0 Å². The van der Waals surface area contributed by atoms with Gasteiger partial charge in [0.05, 0.1) is 23.7 Å². The number of anilines is 1. The Morgan fingerprint density at radius 1 is 0.857 bits per heavy atom. The van der Waals surface area contributed by atoms with Crippen molar-refractivity contribution in [2.45, 2.75) is 30.9 Å². The Balaban J connectivity index is 1.38. The standard InChI is InChI=1S/C33H33N3O5S/c1-25-16-18-28(19-17-25)42(39,40)35(21-20-26-10-4-2-5-11-26)24-32(37)36-23-31(41-30-15-9-8-14-29(30)36)33(38)34-22-27-12-6-3-7-13-27/h2-19,31H,20-24H2,1H3,(H,34,38)/t31-/m0/s1. The fourth-order valence-electron chi connectivity index (χ4n) is 4.78. The van der Waals surface area contributed by atoms with Crippen molar-refractivity contribution in [3.63, 3.8) is 0 Å². The first-order valence-electron chi connectivity index (χ1n) is 13.8. The Bertz CT molecular complexity index is 1630. The Kier molecular flexibility index (Phi) is 9.00. The average Bonchev–Trinajstić information content (AvgIpc) is 3.02. The van der Waals surface area contributed by atoms with Gasteiger partial charge in [-0.2, -0.15) is 4.31 Å². The second kappa shape index (κ2) is 13.0. The molecule has 216 valence electrons. The van der Waals surface area contributed by atoms with Crippen LogP contribution in [-0.2, 0) is 32.6 Å². The summed E-state index contributed by atoms with van der Waals surface area (Å²) in [6.45, 7) is 1.87. The summed E-state index contributed by atoms with van der Waals surface area (Å²) in [6, 6.07) is 32.6. The third-order valence-corrected chi connectivity index (χ3v) is 9.00. The maximum Gasteiger partial charge on any atom is 0.263 e. The van der Waals surface area contributed by atoms with E-state index in [1.165, 1.54) is 9.21 Å². The summed E-state index contributed by atoms with van der Waals surface area (Å²) in [5.41, 5.74) is 3.32. The van der Waals surface area contributed by atoms with Crippen LogP contribution in [0, 0.1) is 6.92 Å². The number of hydrogen-bond acceptors (Lipinski definition) is 5. The number of benzene rings is 4. The molecule has 2 amide bonds. The first kappa shape index (κ1) is 29.0. The highest BCUT2D eigenvalue weighted by molar-refractivity contribution is 7.89. The molecule has 0 fully saturated rings. The molecule has 0 radical (unpaired) electrons. The molecule has 42 heavy (non-hydrogen) atoms. The van der Waals surface area contributed by atoms with Gasteiger partial charge in [0, 0.05) is 13.1 Å². The SMILES string of the molecule is Cc1ccc(S(=O)(=O)N(CCc2ccccc2)CC(=O)N2C[C@@H](C(=O)NCc3ccccc3)Oc3ccccc32)cc1. The maximum absolute atomic E-state index is 13.9. The van der Waals surface area contributed by atoms with Crippen LogP contribution in [0.4, 0.5) is 5.69 Å². The number of carbonyl (C=O) groups is 2. The zero-order chi connectivity index (χ0) is 29.5. The molecule has 4 aromatic rings. The van der Waals surface area contributed by atoms with Crippen LogP contribution in [-0.4, -0.2) is 50.3 Å². The normalized spacial score (nSPS) is 14.6. The molecule has 0 saturated heterocycles. The number of carbonyl (C=O) groups excluding carboxylic acids is 2. The van der Waals surface area contributed by atoms with Crippen molar-refractivity contribution < 1.29 is 22.7 Å². The number of sulfonamides is 1. The Labute approximate surface area is 246 Å². The lowest BCUT2D eigenvalue weighted by Gasteiger charge is -2.35. The van der Waals surface area contributed by atoms with Gasteiger partial charge in [-0.15, -0.1) is 0 Å². The summed E-state index contributed by atoms with van der Waals surface area (Å²) in [5, 5.41) is 2.88. The lowest BCUT2D eigenvalue weighted by molar-refractivity contribution is -0.128. The smallest absolute Gasteiger partial charge is 0.263 e. The summed E-state index contributed by atoms with van der Waals surface area (Å²) < 4.78 is 34.8. The number of aryl methyl sites for hydroxylation is 1. The number of hydrogen-bond donors (Lipinski definition) is 1. The van der Waals surface area contributed by atoms with Crippen LogP contribution < -0.4 is 15.0 Å². The van der Waals surface area contributed by atoms with Crippen molar-refractivity contribution in [2.24, 2.45) is 0 Å². The van der Waals surface area contributed by atoms with Crippen LogP contribution in [0.25, 0.3) is 0 Å². The number of amides is 2. The predicted octanol–water partition coefficient (Wildman–Crippen LogP) is 4.34. The summed E-state index contributed by atoms with van der Waals surface area (Å²) in [7, 11) is -3.99. The molecule has 1 N–H and O–H groups in total. The molecule has 1 atom stereocenters. The van der Waals surface area contributed by atoms with Gasteiger partial charge in [0.1, 0.15) is 5.75 Å². The molecular formula is C33H33N3O5S. The van der Waals surface area contributed by atoms with Gasteiger partial charge in [0.2, 0.25) is 15.9 Å². The topological polar surface area (TPSA) is 96.0 Å². The van der Waals surface area contributed by atoms with Crippen LogP contribution in [0.1, 0.15) is 16.7 Å². The molecule has 1 aliphatic rings. The third kappa shape index (κ3) is 6.87. The molecule has 0 unspecified atom stereocenters. The van der Waals surface area contributed by atoms with E-state index in [1.54, 1.807) is 48.5 Å². The number of nitrogens with one attached hydrogen (secondary N) is 1. The molecule has 0 bridgehead atoms. The van der Waals surface area contributed by atoms with E-state index in [9.17, 15) is 18.0 Å². The molecule has 1 heterocycles. The Morgan fingerprint density at radius 2 is 1.48 bits per heavy atom. The minimum absolute atomic E-state index is 0.0480. The summed E-state index contributed by atoms with van der Waals surface area (Å²) in [6.07, 6.45) is -0.525. The average molecular weight is 584 g/mol. The monoisotopic (exact) mass is 583 g/mol. The van der Waals surface area contributed by atoms with E-state index in [2.05, 4.69) is 5.32 Å². The van der Waals surface area contributed by atoms with Gasteiger partial charge in [-0.05, 0) is 48.7 Å². The van der Waals surface area contributed by atoms with Crippen LogP contribution in [0.2, 0.25) is 0 Å². The number of ether oxygens (including phenoxy) is 1. The zero-order valence-corrected chi connectivity index (χ0v) is 24.2. The van der Waals surface area contributed by atoms with Crippen molar-refractivity contribution in [2.75, 3.05) is 24.5 Å². The predicted molar refractivity (Wildman–Crippen MR) is 162 cm³/mol. The second-order valence-electron chi connectivity index (χ2n) is 10.2. The van der Waals surface area contributed by atoms with E-state index in [-0.39, 0.29) is 23.9 Å². The van der Waals surface area contributed by atoms with Crippen molar-refractivity contribution >= 4 is 27.5 Å². The maximum atomic E-state index is 13.9. The Morgan fingerprint density at radius 3 is 2.17 bits per heavy atom. The second-order valence-corrected chi connectivity index (χ2v) is 12.1. The van der Waals surface area contributed by atoms with Gasteiger partial charge < -0.3 is 15.0 Å². The van der Waals surface area contributed by atoms with Crippen LogP contribution >= 0.6 is 0 Å². The molecule has 8 nitrogen and oxygen atoms in total. The molecule has 0 aliphatic carbocycles. The highest BCUT2D eigenvalue weighted by atomic mass is 32.2. The largest absolute Gasteiger partial charge is 0.477 e. The van der Waals surface area contributed by atoms with E-state index in [0.29, 0.717) is 24.4 Å². The molecule has 0 spiro atoms. The minimum Gasteiger partial charge on any atom is -0.477 e. The van der Waals surface area contributed by atoms with E-state index in [1.807, 2.05) is 67.6 Å². The van der Waals surface area contributed by atoms with Gasteiger partial charge in [-0.3, -0.25) is 9.59 Å². The molecular weight excluding hydrogens is 550 g/mol. The van der Waals surface area contributed by atoms with E-state index in [4.69, 9.17) is 4.74 Å². The first-order chi connectivity index (χ1) is 20.3. The quantitative estimate of drug-likeness (QED) is 0.300. The van der Waals surface area contributed by atoms with Crippen molar-refractivity contribution in [3.05, 3.63) is 126 Å². The van der Waals surface area contributed by atoms with Crippen LogP contribution in [0.15, 0.2) is 114 Å². The molecule has 4 aromatic carbocycles. The highest BCUT2D eigenvalue weighted by Gasteiger charge is 2.36. The highest BCUT2D eigenvalue weighted by Crippen LogP contribution is 2.33. The fourth-order valence-corrected chi connectivity index (χ4v) is 6.17. The molecule has 0 saturated carbocycles. The number of nitrogens with zero attached hydrogens (tertiary/aromatic N) is 2. The molecule has 5 rings (SSSR count). The van der Waals surface area contributed by atoms with Crippen LogP contribution in [0.5, 0.6) is 5.75 Å². The number of fused-ring (bicyclic) bond motifs is 1. The van der Waals surface area contributed by atoms with Gasteiger partial charge in [-0.1, -0.05) is 90.5 Å². The number of rotatable bonds is 10.